The number of amidine groups is 1. The fourth-order valence-corrected chi connectivity index (χ4v) is 1.21. The molecular formula is C10H12ClN5S. The molecule has 0 aliphatic carbocycles. The van der Waals surface area contributed by atoms with Gasteiger partial charge in [0.2, 0.25) is 0 Å². The summed E-state index contributed by atoms with van der Waals surface area (Å²) < 4.78 is 0. The summed E-state index contributed by atoms with van der Waals surface area (Å²) in [5.74, 6) is 0.204. The van der Waals surface area contributed by atoms with Gasteiger partial charge in [0.25, 0.3) is 0 Å². The number of halogens is 1. The summed E-state index contributed by atoms with van der Waals surface area (Å²) >= 11 is 10.7. The number of thiocarbonyl (C=S) groups is 1. The second kappa shape index (κ2) is 6.82. The molecule has 0 aliphatic rings. The number of nitrogens with two attached hydrogens (primary N) is 1. The Morgan fingerprint density at radius 1 is 1.71 bits per heavy atom. The van der Waals surface area contributed by atoms with Gasteiger partial charge in [-0.3, -0.25) is 10.4 Å². The van der Waals surface area contributed by atoms with Crippen molar-refractivity contribution >= 4 is 34.8 Å². The van der Waals surface area contributed by atoms with Gasteiger partial charge >= 0.3 is 0 Å². The lowest BCUT2D eigenvalue weighted by Gasteiger charge is -2.05. The van der Waals surface area contributed by atoms with E-state index in [2.05, 4.69) is 27.4 Å². The third-order valence-corrected chi connectivity index (χ3v) is 2.14. The van der Waals surface area contributed by atoms with Crippen LogP contribution in [0.3, 0.4) is 0 Å². The number of hydrazone groups is 1. The summed E-state index contributed by atoms with van der Waals surface area (Å²) in [5, 5.41) is 7.62. The number of pyridine rings is 1. The largest absolute Gasteiger partial charge is 0.380 e. The zero-order chi connectivity index (χ0) is 12.7. The van der Waals surface area contributed by atoms with Gasteiger partial charge in [-0.2, -0.15) is 5.10 Å². The Hall–Kier alpha value is -1.66. The number of rotatable bonds is 4. The second-order valence-corrected chi connectivity index (χ2v) is 3.81. The highest BCUT2D eigenvalue weighted by Gasteiger charge is 2.01. The van der Waals surface area contributed by atoms with E-state index in [0.717, 1.165) is 0 Å². The fourth-order valence-electron chi connectivity index (χ4n) is 0.918. The number of nitrogens with zero attached hydrogens (tertiary/aromatic N) is 2. The maximum atomic E-state index is 5.80. The van der Waals surface area contributed by atoms with Gasteiger partial charge in [-0.15, -0.1) is 6.58 Å². The van der Waals surface area contributed by atoms with E-state index in [-0.39, 0.29) is 5.84 Å². The molecule has 1 rings (SSSR count). The van der Waals surface area contributed by atoms with E-state index in [9.17, 15) is 0 Å². The van der Waals surface area contributed by atoms with Crippen molar-refractivity contribution in [2.45, 2.75) is 0 Å². The van der Waals surface area contributed by atoms with Crippen molar-refractivity contribution in [2.24, 2.45) is 10.8 Å². The molecule has 7 heteroatoms. The number of hydrogen-bond acceptors (Lipinski definition) is 3. The van der Waals surface area contributed by atoms with E-state index in [4.69, 9.17) is 29.6 Å². The van der Waals surface area contributed by atoms with E-state index < -0.39 is 0 Å². The third kappa shape index (κ3) is 4.80. The second-order valence-electron chi connectivity index (χ2n) is 2.97. The van der Waals surface area contributed by atoms with E-state index in [1.807, 2.05) is 0 Å². The van der Waals surface area contributed by atoms with E-state index >= 15 is 0 Å². The summed E-state index contributed by atoms with van der Waals surface area (Å²) in [6, 6.07) is 3.27. The summed E-state index contributed by atoms with van der Waals surface area (Å²) in [6.45, 7) is 4.10. The SMILES string of the molecule is C=CCNC(=S)N/N=C(\N)c1cc(Cl)ccn1. The van der Waals surface area contributed by atoms with Crippen LogP contribution in [0.5, 0.6) is 0 Å². The molecule has 4 N–H and O–H groups in total. The van der Waals surface area contributed by atoms with Crippen LogP contribution in [0, 0.1) is 0 Å². The van der Waals surface area contributed by atoms with Crippen molar-refractivity contribution in [3.8, 4) is 0 Å². The van der Waals surface area contributed by atoms with Crippen molar-refractivity contribution < 1.29 is 0 Å². The zero-order valence-corrected chi connectivity index (χ0v) is 10.6. The quantitative estimate of drug-likeness (QED) is 0.250. The van der Waals surface area contributed by atoms with Crippen LogP contribution >= 0.6 is 23.8 Å². The minimum absolute atomic E-state index is 0.204. The highest BCUT2D eigenvalue weighted by atomic mass is 35.5. The van der Waals surface area contributed by atoms with E-state index in [1.165, 1.54) is 0 Å². The Kier molecular flexibility index (Phi) is 5.38. The molecule has 0 amide bonds. The predicted octanol–water partition coefficient (Wildman–Crippen LogP) is 1.01. The highest BCUT2D eigenvalue weighted by Crippen LogP contribution is 2.07. The Labute approximate surface area is 110 Å². The molecule has 0 spiro atoms. The van der Waals surface area contributed by atoms with Gasteiger partial charge in [0.15, 0.2) is 10.9 Å². The first-order valence-electron chi connectivity index (χ1n) is 4.73. The van der Waals surface area contributed by atoms with Crippen LogP contribution in [0.1, 0.15) is 5.69 Å². The van der Waals surface area contributed by atoms with Gasteiger partial charge in [0, 0.05) is 17.8 Å². The summed E-state index contributed by atoms with van der Waals surface area (Å²) in [7, 11) is 0. The lowest BCUT2D eigenvalue weighted by Crippen LogP contribution is -2.33. The highest BCUT2D eigenvalue weighted by molar-refractivity contribution is 7.80. The molecule has 0 fully saturated rings. The minimum atomic E-state index is 0.204. The summed E-state index contributed by atoms with van der Waals surface area (Å²) in [5.41, 5.74) is 8.77. The molecule has 17 heavy (non-hydrogen) atoms. The Balaban J connectivity index is 2.60. The van der Waals surface area contributed by atoms with Crippen molar-refractivity contribution in [1.82, 2.24) is 15.7 Å². The summed E-state index contributed by atoms with van der Waals surface area (Å²) in [6.07, 6.45) is 3.23. The van der Waals surface area contributed by atoms with Crippen LogP contribution in [-0.4, -0.2) is 22.5 Å². The molecule has 0 radical (unpaired) electrons. The van der Waals surface area contributed by atoms with Crippen LogP contribution < -0.4 is 16.5 Å². The molecule has 1 aromatic heterocycles. The molecule has 0 atom stereocenters. The average Bonchev–Trinajstić information content (AvgIpc) is 2.33. The molecular weight excluding hydrogens is 258 g/mol. The molecule has 0 saturated carbocycles. The third-order valence-electron chi connectivity index (χ3n) is 1.67. The molecule has 0 aliphatic heterocycles. The standard InChI is InChI=1S/C10H12ClN5S/c1-2-4-14-10(17)16-15-9(12)8-6-7(11)3-5-13-8/h2-3,5-6H,1,4H2,(H2,12,15)(H2,14,16,17). The van der Waals surface area contributed by atoms with E-state index in [1.54, 1.807) is 24.4 Å². The maximum Gasteiger partial charge on any atom is 0.187 e. The van der Waals surface area contributed by atoms with Crippen LogP contribution in [0.25, 0.3) is 0 Å². The van der Waals surface area contributed by atoms with Gasteiger partial charge in [-0.05, 0) is 24.4 Å². The summed E-state index contributed by atoms with van der Waals surface area (Å²) in [4.78, 5) is 4.02. The van der Waals surface area contributed by atoms with Gasteiger partial charge in [-0.1, -0.05) is 17.7 Å². The first-order chi connectivity index (χ1) is 8.13. The molecule has 0 aromatic carbocycles. The smallest absolute Gasteiger partial charge is 0.187 e. The number of aromatic nitrogens is 1. The van der Waals surface area contributed by atoms with Crippen LogP contribution in [0.15, 0.2) is 36.1 Å². The lowest BCUT2D eigenvalue weighted by molar-refractivity contribution is 0.933. The number of nitrogens with one attached hydrogen (secondary N) is 2. The molecule has 90 valence electrons. The predicted molar refractivity (Wildman–Crippen MR) is 73.9 cm³/mol. The van der Waals surface area contributed by atoms with Crippen molar-refractivity contribution in [3.63, 3.8) is 0 Å². The van der Waals surface area contributed by atoms with E-state index in [0.29, 0.717) is 22.4 Å². The minimum Gasteiger partial charge on any atom is -0.380 e. The topological polar surface area (TPSA) is 75.3 Å². The van der Waals surface area contributed by atoms with Crippen molar-refractivity contribution in [1.29, 1.82) is 0 Å². The van der Waals surface area contributed by atoms with Gasteiger partial charge in [0.05, 0.1) is 0 Å². The Morgan fingerprint density at radius 2 is 2.47 bits per heavy atom. The molecule has 0 saturated heterocycles. The first-order valence-corrected chi connectivity index (χ1v) is 5.52. The van der Waals surface area contributed by atoms with Gasteiger partial charge in [-0.25, -0.2) is 0 Å². The average molecular weight is 270 g/mol. The van der Waals surface area contributed by atoms with Gasteiger partial charge in [0.1, 0.15) is 5.69 Å². The van der Waals surface area contributed by atoms with Crippen molar-refractivity contribution in [3.05, 3.63) is 41.7 Å². The molecule has 1 heterocycles. The zero-order valence-electron chi connectivity index (χ0n) is 8.98. The van der Waals surface area contributed by atoms with Crippen LogP contribution in [0.4, 0.5) is 0 Å². The molecule has 1 aromatic rings. The van der Waals surface area contributed by atoms with Crippen molar-refractivity contribution in [2.75, 3.05) is 6.54 Å². The fraction of sp³-hybridized carbons (Fsp3) is 0.100. The number of hydrogen-bond donors (Lipinski definition) is 3. The molecule has 0 bridgehead atoms. The lowest BCUT2D eigenvalue weighted by atomic mass is 10.3. The molecule has 5 nitrogen and oxygen atoms in total. The Morgan fingerprint density at radius 3 is 3.12 bits per heavy atom. The maximum absolute atomic E-state index is 5.80. The first kappa shape index (κ1) is 13.4. The molecule has 0 unspecified atom stereocenters. The monoisotopic (exact) mass is 269 g/mol. The van der Waals surface area contributed by atoms with Crippen LogP contribution in [0.2, 0.25) is 5.02 Å². The van der Waals surface area contributed by atoms with Crippen LogP contribution in [-0.2, 0) is 0 Å². The normalized spacial score (nSPS) is 10.8. The van der Waals surface area contributed by atoms with Gasteiger partial charge < -0.3 is 11.1 Å². The Bertz CT molecular complexity index is 446.